The second-order valence-electron chi connectivity index (χ2n) is 4.99. The molecular weight excluding hydrogens is 260 g/mol. The van der Waals surface area contributed by atoms with Crippen molar-refractivity contribution >= 4 is 21.9 Å². The number of primary sulfonamides is 1. The number of hydrogen-bond donors (Lipinski definition) is 2. The van der Waals surface area contributed by atoms with E-state index in [1.807, 2.05) is 0 Å². The Kier molecular flexibility index (Phi) is 3.33. The fourth-order valence-electron chi connectivity index (χ4n) is 2.25. The minimum absolute atomic E-state index is 0.110. The average molecular weight is 276 g/mol. The Morgan fingerprint density at radius 2 is 2.11 bits per heavy atom. The van der Waals surface area contributed by atoms with Crippen molar-refractivity contribution in [1.29, 1.82) is 0 Å². The van der Waals surface area contributed by atoms with E-state index in [9.17, 15) is 18.0 Å². The SMILES string of the molecule is NS(=O)(=O)C1CC(=O)N([C@@H](CC2CC2)C(=O)O)C1. The zero-order valence-corrected chi connectivity index (χ0v) is 10.6. The van der Waals surface area contributed by atoms with E-state index in [0.29, 0.717) is 12.3 Å². The van der Waals surface area contributed by atoms with Crippen LogP contribution in [-0.4, -0.2) is 48.1 Å². The molecule has 1 saturated carbocycles. The summed E-state index contributed by atoms with van der Waals surface area (Å²) in [7, 11) is -3.80. The molecule has 1 aliphatic heterocycles. The molecule has 1 saturated heterocycles. The minimum Gasteiger partial charge on any atom is -0.480 e. The van der Waals surface area contributed by atoms with Crippen molar-refractivity contribution in [2.75, 3.05) is 6.54 Å². The second kappa shape index (κ2) is 4.51. The molecule has 2 rings (SSSR count). The molecule has 0 aromatic carbocycles. The zero-order valence-electron chi connectivity index (χ0n) is 9.78. The number of carbonyl (C=O) groups is 2. The monoisotopic (exact) mass is 276 g/mol. The van der Waals surface area contributed by atoms with Gasteiger partial charge in [-0.2, -0.15) is 0 Å². The maximum atomic E-state index is 11.7. The number of aliphatic carboxylic acids is 1. The van der Waals surface area contributed by atoms with Gasteiger partial charge in [0, 0.05) is 13.0 Å². The Labute approximate surface area is 105 Å². The van der Waals surface area contributed by atoms with Gasteiger partial charge in [-0.15, -0.1) is 0 Å². The lowest BCUT2D eigenvalue weighted by Gasteiger charge is -2.24. The molecule has 2 atom stereocenters. The number of hydrogen-bond acceptors (Lipinski definition) is 4. The summed E-state index contributed by atoms with van der Waals surface area (Å²) < 4.78 is 22.4. The first-order valence-corrected chi connectivity index (χ1v) is 7.44. The van der Waals surface area contributed by atoms with Gasteiger partial charge in [-0.05, 0) is 12.3 Å². The Morgan fingerprint density at radius 1 is 1.50 bits per heavy atom. The first-order chi connectivity index (χ1) is 8.29. The van der Waals surface area contributed by atoms with Crippen LogP contribution in [-0.2, 0) is 19.6 Å². The third-order valence-electron chi connectivity index (χ3n) is 3.50. The first-order valence-electron chi connectivity index (χ1n) is 5.83. The van der Waals surface area contributed by atoms with E-state index in [1.54, 1.807) is 0 Å². The Balaban J connectivity index is 2.11. The maximum absolute atomic E-state index is 11.7. The van der Waals surface area contributed by atoms with Crippen molar-refractivity contribution in [3.63, 3.8) is 0 Å². The molecule has 0 aromatic heterocycles. The van der Waals surface area contributed by atoms with Gasteiger partial charge in [-0.1, -0.05) is 12.8 Å². The van der Waals surface area contributed by atoms with Crippen molar-refractivity contribution in [3.8, 4) is 0 Å². The summed E-state index contributed by atoms with van der Waals surface area (Å²) in [5.74, 6) is -1.18. The number of carboxylic acids is 1. The lowest BCUT2D eigenvalue weighted by molar-refractivity contribution is -0.148. The summed E-state index contributed by atoms with van der Waals surface area (Å²) in [5.41, 5.74) is 0. The second-order valence-corrected chi connectivity index (χ2v) is 6.84. The number of nitrogens with two attached hydrogens (primary N) is 1. The van der Waals surface area contributed by atoms with E-state index >= 15 is 0 Å². The molecule has 0 aromatic rings. The largest absolute Gasteiger partial charge is 0.480 e. The van der Waals surface area contributed by atoms with Crippen LogP contribution >= 0.6 is 0 Å². The van der Waals surface area contributed by atoms with Crippen LogP contribution in [0.3, 0.4) is 0 Å². The number of likely N-dealkylation sites (tertiary alicyclic amines) is 1. The van der Waals surface area contributed by atoms with Crippen molar-refractivity contribution in [1.82, 2.24) is 4.90 Å². The van der Waals surface area contributed by atoms with E-state index in [-0.39, 0.29) is 13.0 Å². The third kappa shape index (κ3) is 2.81. The van der Waals surface area contributed by atoms with Crippen molar-refractivity contribution in [3.05, 3.63) is 0 Å². The van der Waals surface area contributed by atoms with Gasteiger partial charge >= 0.3 is 5.97 Å². The number of carboxylic acid groups (broad SMARTS) is 1. The van der Waals surface area contributed by atoms with Gasteiger partial charge in [0.2, 0.25) is 15.9 Å². The quantitative estimate of drug-likeness (QED) is 0.676. The highest BCUT2D eigenvalue weighted by molar-refractivity contribution is 7.89. The summed E-state index contributed by atoms with van der Waals surface area (Å²) in [5, 5.41) is 13.2. The predicted molar refractivity (Wildman–Crippen MR) is 62.0 cm³/mol. The van der Waals surface area contributed by atoms with Crippen molar-refractivity contribution in [2.24, 2.45) is 11.1 Å². The fourth-order valence-corrected chi connectivity index (χ4v) is 2.99. The molecule has 18 heavy (non-hydrogen) atoms. The van der Waals surface area contributed by atoms with Crippen LogP contribution < -0.4 is 5.14 Å². The number of amides is 1. The number of rotatable bonds is 5. The standard InChI is InChI=1S/C10H16N2O5S/c11-18(16,17)7-4-9(13)12(5-7)8(10(14)15)3-6-1-2-6/h6-8H,1-5H2,(H,14,15)(H2,11,16,17)/t7?,8-/m0/s1. The van der Waals surface area contributed by atoms with E-state index in [1.165, 1.54) is 0 Å². The lowest BCUT2D eigenvalue weighted by Crippen LogP contribution is -2.43. The smallest absolute Gasteiger partial charge is 0.326 e. The summed E-state index contributed by atoms with van der Waals surface area (Å²) in [6.45, 7) is -0.110. The van der Waals surface area contributed by atoms with Gasteiger partial charge in [0.05, 0.1) is 0 Å². The maximum Gasteiger partial charge on any atom is 0.326 e. The molecule has 3 N–H and O–H groups in total. The van der Waals surface area contributed by atoms with E-state index in [0.717, 1.165) is 17.7 Å². The van der Waals surface area contributed by atoms with Crippen LogP contribution in [0, 0.1) is 5.92 Å². The molecule has 1 amide bonds. The van der Waals surface area contributed by atoms with Crippen LogP contribution in [0.15, 0.2) is 0 Å². The molecule has 102 valence electrons. The molecule has 1 aliphatic carbocycles. The summed E-state index contributed by atoms with van der Waals surface area (Å²) in [6, 6.07) is -0.920. The Morgan fingerprint density at radius 3 is 2.50 bits per heavy atom. The van der Waals surface area contributed by atoms with E-state index < -0.39 is 33.2 Å². The van der Waals surface area contributed by atoms with Gasteiger partial charge in [-0.3, -0.25) is 4.79 Å². The molecule has 2 fully saturated rings. The van der Waals surface area contributed by atoms with Gasteiger partial charge in [-0.25, -0.2) is 18.4 Å². The molecule has 8 heteroatoms. The highest BCUT2D eigenvalue weighted by Crippen LogP contribution is 2.35. The topological polar surface area (TPSA) is 118 Å². The Hall–Kier alpha value is -1.15. The van der Waals surface area contributed by atoms with Crippen LogP contribution in [0.2, 0.25) is 0 Å². The highest BCUT2D eigenvalue weighted by atomic mass is 32.2. The third-order valence-corrected chi connectivity index (χ3v) is 4.75. The normalized spacial score (nSPS) is 26.4. The summed E-state index contributed by atoms with van der Waals surface area (Å²) in [4.78, 5) is 24.0. The highest BCUT2D eigenvalue weighted by Gasteiger charge is 2.43. The van der Waals surface area contributed by atoms with Crippen LogP contribution in [0.1, 0.15) is 25.7 Å². The molecule has 0 spiro atoms. The zero-order chi connectivity index (χ0) is 13.5. The van der Waals surface area contributed by atoms with Gasteiger partial charge < -0.3 is 10.0 Å². The van der Waals surface area contributed by atoms with Crippen molar-refractivity contribution < 1.29 is 23.1 Å². The summed E-state index contributed by atoms with van der Waals surface area (Å²) >= 11 is 0. The number of sulfonamides is 1. The minimum atomic E-state index is -3.80. The molecule has 1 heterocycles. The number of nitrogens with zero attached hydrogens (tertiary/aromatic N) is 1. The van der Waals surface area contributed by atoms with Crippen LogP contribution in [0.5, 0.6) is 0 Å². The molecule has 0 bridgehead atoms. The van der Waals surface area contributed by atoms with E-state index in [2.05, 4.69) is 0 Å². The van der Waals surface area contributed by atoms with E-state index in [4.69, 9.17) is 10.2 Å². The molecule has 2 aliphatic rings. The average Bonchev–Trinajstić information content (AvgIpc) is 2.96. The lowest BCUT2D eigenvalue weighted by atomic mass is 10.1. The molecule has 0 radical (unpaired) electrons. The summed E-state index contributed by atoms with van der Waals surface area (Å²) in [6.07, 6.45) is 2.14. The van der Waals surface area contributed by atoms with Gasteiger partial charge in [0.25, 0.3) is 0 Å². The predicted octanol–water partition coefficient (Wildman–Crippen LogP) is -0.871. The number of carbonyl (C=O) groups excluding carboxylic acids is 1. The van der Waals surface area contributed by atoms with Gasteiger partial charge in [0.1, 0.15) is 11.3 Å². The van der Waals surface area contributed by atoms with Crippen molar-refractivity contribution in [2.45, 2.75) is 37.0 Å². The molecule has 1 unspecified atom stereocenters. The van der Waals surface area contributed by atoms with Gasteiger partial charge in [0.15, 0.2) is 0 Å². The van der Waals surface area contributed by atoms with Crippen LogP contribution in [0.25, 0.3) is 0 Å². The van der Waals surface area contributed by atoms with Crippen LogP contribution in [0.4, 0.5) is 0 Å². The molecular formula is C10H16N2O5S. The molecule has 7 nitrogen and oxygen atoms in total. The fraction of sp³-hybridized carbons (Fsp3) is 0.800. The first kappa shape index (κ1) is 13.3. The Bertz CT molecular complexity index is 471.